The summed E-state index contributed by atoms with van der Waals surface area (Å²) in [5.74, 6) is -1.92. The summed E-state index contributed by atoms with van der Waals surface area (Å²) >= 11 is 0. The lowest BCUT2D eigenvalue weighted by Gasteiger charge is -2.29. The number of carbonyl (C=O) groups is 1. The second-order valence-corrected chi connectivity index (χ2v) is 2.26. The lowest BCUT2D eigenvalue weighted by atomic mass is 10.3. The molecule has 0 aliphatic rings. The van der Waals surface area contributed by atoms with Crippen molar-refractivity contribution in [3.8, 4) is 0 Å². The van der Waals surface area contributed by atoms with Crippen molar-refractivity contribution in [2.75, 3.05) is 20.8 Å². The minimum atomic E-state index is -0.974. The van der Waals surface area contributed by atoms with Gasteiger partial charge in [-0.15, -0.1) is 0 Å². The molecule has 0 saturated carbocycles. The standard InChI is InChI=1S/C7H15NO4/c1-4-7(11-2,12-3)8-5-6(9)10/h8H,4-5H2,1-3H3,(H,9,10). The molecule has 0 atom stereocenters. The third-order valence-corrected chi connectivity index (χ3v) is 1.63. The summed E-state index contributed by atoms with van der Waals surface area (Å²) in [6.45, 7) is 1.65. The van der Waals surface area contributed by atoms with Gasteiger partial charge in [-0.25, -0.2) is 0 Å². The lowest BCUT2D eigenvalue weighted by molar-refractivity contribution is -0.229. The molecule has 0 unspecified atom stereocenters. The van der Waals surface area contributed by atoms with E-state index in [2.05, 4.69) is 5.32 Å². The number of carboxylic acid groups (broad SMARTS) is 1. The van der Waals surface area contributed by atoms with Gasteiger partial charge in [0.2, 0.25) is 5.91 Å². The maximum atomic E-state index is 10.2. The first kappa shape index (κ1) is 11.4. The number of aliphatic carboxylic acids is 1. The molecule has 0 spiro atoms. The monoisotopic (exact) mass is 177 g/mol. The molecule has 0 amide bonds. The van der Waals surface area contributed by atoms with Gasteiger partial charge in [-0.05, 0) is 0 Å². The van der Waals surface area contributed by atoms with Gasteiger partial charge in [0.05, 0.1) is 6.54 Å². The zero-order valence-corrected chi connectivity index (χ0v) is 7.59. The highest BCUT2D eigenvalue weighted by molar-refractivity contribution is 5.69. The topological polar surface area (TPSA) is 67.8 Å². The van der Waals surface area contributed by atoms with Crippen LogP contribution in [0, 0.1) is 0 Å². The Morgan fingerprint density at radius 1 is 1.50 bits per heavy atom. The number of ether oxygens (including phenoxy) is 2. The van der Waals surface area contributed by atoms with Crippen LogP contribution in [0.2, 0.25) is 0 Å². The van der Waals surface area contributed by atoms with E-state index in [9.17, 15) is 4.79 Å². The van der Waals surface area contributed by atoms with Crippen molar-refractivity contribution < 1.29 is 19.4 Å². The first-order valence-electron chi connectivity index (χ1n) is 3.67. The van der Waals surface area contributed by atoms with Gasteiger partial charge in [0.15, 0.2) is 0 Å². The average Bonchev–Trinajstić information content (AvgIpc) is 2.08. The molecule has 12 heavy (non-hydrogen) atoms. The SMILES string of the molecule is CCC(NCC(=O)O)(OC)OC. The number of methoxy groups -OCH3 is 2. The van der Waals surface area contributed by atoms with E-state index < -0.39 is 11.9 Å². The van der Waals surface area contributed by atoms with E-state index in [0.717, 1.165) is 0 Å². The van der Waals surface area contributed by atoms with Crippen LogP contribution in [0.1, 0.15) is 13.3 Å². The maximum absolute atomic E-state index is 10.2. The van der Waals surface area contributed by atoms with Crippen molar-refractivity contribution in [1.29, 1.82) is 0 Å². The normalized spacial score (nSPS) is 11.6. The Balaban J connectivity index is 4.01. The fourth-order valence-electron chi connectivity index (χ4n) is 0.852. The van der Waals surface area contributed by atoms with Crippen molar-refractivity contribution in [2.24, 2.45) is 0 Å². The Labute approximate surface area is 71.7 Å². The molecule has 5 heteroatoms. The fraction of sp³-hybridized carbons (Fsp3) is 0.857. The van der Waals surface area contributed by atoms with E-state index in [4.69, 9.17) is 14.6 Å². The quantitative estimate of drug-likeness (QED) is 0.560. The highest BCUT2D eigenvalue weighted by atomic mass is 16.7. The zero-order chi connectivity index (χ0) is 9.61. The lowest BCUT2D eigenvalue weighted by Crippen LogP contribution is -2.50. The van der Waals surface area contributed by atoms with E-state index in [0.29, 0.717) is 6.42 Å². The van der Waals surface area contributed by atoms with Crippen LogP contribution in [0.5, 0.6) is 0 Å². The molecule has 72 valence electrons. The van der Waals surface area contributed by atoms with Gasteiger partial charge in [0.1, 0.15) is 0 Å². The van der Waals surface area contributed by atoms with Crippen molar-refractivity contribution in [1.82, 2.24) is 5.32 Å². The summed E-state index contributed by atoms with van der Waals surface area (Å²) in [5.41, 5.74) is 0. The molecule has 0 aromatic carbocycles. The Kier molecular flexibility index (Phi) is 4.80. The summed E-state index contributed by atoms with van der Waals surface area (Å²) in [7, 11) is 2.92. The van der Waals surface area contributed by atoms with Crippen molar-refractivity contribution in [3.05, 3.63) is 0 Å². The molecule has 0 aliphatic heterocycles. The van der Waals surface area contributed by atoms with Gasteiger partial charge < -0.3 is 14.6 Å². The molecular formula is C7H15NO4. The van der Waals surface area contributed by atoms with Crippen LogP contribution in [0.25, 0.3) is 0 Å². The number of hydrogen-bond acceptors (Lipinski definition) is 4. The summed E-state index contributed by atoms with van der Waals surface area (Å²) in [4.78, 5) is 10.2. The summed E-state index contributed by atoms with van der Waals surface area (Å²) < 4.78 is 9.98. The molecule has 0 heterocycles. The molecule has 0 radical (unpaired) electrons. The number of rotatable bonds is 6. The zero-order valence-electron chi connectivity index (χ0n) is 7.59. The first-order valence-corrected chi connectivity index (χ1v) is 3.67. The Bertz CT molecular complexity index is 136. The highest BCUT2D eigenvalue weighted by Gasteiger charge is 2.26. The molecule has 0 aromatic rings. The fourth-order valence-corrected chi connectivity index (χ4v) is 0.852. The maximum Gasteiger partial charge on any atom is 0.317 e. The predicted molar refractivity (Wildman–Crippen MR) is 42.7 cm³/mol. The van der Waals surface area contributed by atoms with Crippen LogP contribution in [0.4, 0.5) is 0 Å². The molecule has 0 aromatic heterocycles. The van der Waals surface area contributed by atoms with Gasteiger partial charge in [-0.1, -0.05) is 6.92 Å². The Hall–Kier alpha value is -0.650. The van der Waals surface area contributed by atoms with Crippen LogP contribution in [0.3, 0.4) is 0 Å². The molecule has 5 nitrogen and oxygen atoms in total. The number of carboxylic acids is 1. The Morgan fingerprint density at radius 2 is 2.00 bits per heavy atom. The van der Waals surface area contributed by atoms with Crippen molar-refractivity contribution in [3.63, 3.8) is 0 Å². The Morgan fingerprint density at radius 3 is 2.25 bits per heavy atom. The largest absolute Gasteiger partial charge is 0.480 e. The van der Waals surface area contributed by atoms with Gasteiger partial charge in [-0.3, -0.25) is 10.1 Å². The predicted octanol–water partition coefficient (Wildman–Crippen LogP) is 0.0172. The van der Waals surface area contributed by atoms with Crippen LogP contribution < -0.4 is 5.32 Å². The second kappa shape index (κ2) is 5.08. The second-order valence-electron chi connectivity index (χ2n) is 2.26. The molecule has 0 aliphatic carbocycles. The molecule has 0 saturated heterocycles. The van der Waals surface area contributed by atoms with Gasteiger partial charge >= 0.3 is 5.97 Å². The summed E-state index contributed by atoms with van der Waals surface area (Å²) in [6, 6.07) is 0. The van der Waals surface area contributed by atoms with Gasteiger partial charge in [-0.2, -0.15) is 0 Å². The molecule has 0 rings (SSSR count). The van der Waals surface area contributed by atoms with E-state index >= 15 is 0 Å². The third-order valence-electron chi connectivity index (χ3n) is 1.63. The van der Waals surface area contributed by atoms with Crippen LogP contribution >= 0.6 is 0 Å². The van der Waals surface area contributed by atoms with E-state index in [1.165, 1.54) is 14.2 Å². The number of nitrogens with one attached hydrogen (secondary N) is 1. The van der Waals surface area contributed by atoms with E-state index in [1.807, 2.05) is 6.92 Å². The number of hydrogen-bond donors (Lipinski definition) is 2. The van der Waals surface area contributed by atoms with Crippen LogP contribution in [-0.2, 0) is 14.3 Å². The van der Waals surface area contributed by atoms with E-state index in [-0.39, 0.29) is 6.54 Å². The average molecular weight is 177 g/mol. The highest BCUT2D eigenvalue weighted by Crippen LogP contribution is 2.10. The summed E-state index contributed by atoms with van der Waals surface area (Å²) in [6.07, 6.45) is 0.535. The smallest absolute Gasteiger partial charge is 0.317 e. The van der Waals surface area contributed by atoms with Crippen molar-refractivity contribution in [2.45, 2.75) is 19.3 Å². The molecule has 0 bridgehead atoms. The molecule has 2 N–H and O–H groups in total. The van der Waals surface area contributed by atoms with Gasteiger partial charge in [0.25, 0.3) is 0 Å². The van der Waals surface area contributed by atoms with Crippen LogP contribution in [-0.4, -0.2) is 37.8 Å². The summed E-state index contributed by atoms with van der Waals surface area (Å²) in [5, 5.41) is 11.0. The third kappa shape index (κ3) is 3.17. The minimum Gasteiger partial charge on any atom is -0.480 e. The van der Waals surface area contributed by atoms with Crippen LogP contribution in [0.15, 0.2) is 0 Å². The molecular weight excluding hydrogens is 162 g/mol. The molecule has 0 fully saturated rings. The van der Waals surface area contributed by atoms with Crippen molar-refractivity contribution >= 4 is 5.97 Å². The van der Waals surface area contributed by atoms with Gasteiger partial charge in [0, 0.05) is 20.6 Å². The first-order chi connectivity index (χ1) is 5.60. The van der Waals surface area contributed by atoms with E-state index in [1.54, 1.807) is 0 Å². The minimum absolute atomic E-state index is 0.185.